The van der Waals surface area contributed by atoms with Crippen LogP contribution in [-0.2, 0) is 14.3 Å². The average Bonchev–Trinajstić information content (AvgIpc) is 2.48. The van der Waals surface area contributed by atoms with Crippen molar-refractivity contribution in [1.82, 2.24) is 5.32 Å². The fraction of sp³-hybridized carbons (Fsp3) is 0.385. The highest BCUT2D eigenvalue weighted by Crippen LogP contribution is 2.16. The summed E-state index contributed by atoms with van der Waals surface area (Å²) in [5.74, 6) is -0.215. The molecule has 1 heterocycles. The summed E-state index contributed by atoms with van der Waals surface area (Å²) in [7, 11) is 1.29. The van der Waals surface area contributed by atoms with Crippen molar-refractivity contribution in [3.63, 3.8) is 0 Å². The van der Waals surface area contributed by atoms with Crippen molar-refractivity contribution in [3.05, 3.63) is 24.3 Å². The Morgan fingerprint density at radius 1 is 1.35 bits per heavy atom. The van der Waals surface area contributed by atoms with Crippen LogP contribution in [-0.4, -0.2) is 44.9 Å². The zero-order chi connectivity index (χ0) is 14.4. The molecule has 108 valence electrons. The van der Waals surface area contributed by atoms with Crippen molar-refractivity contribution in [2.45, 2.75) is 6.10 Å². The van der Waals surface area contributed by atoms with E-state index in [-0.39, 0.29) is 5.91 Å². The van der Waals surface area contributed by atoms with E-state index in [4.69, 9.17) is 4.74 Å². The number of methoxy groups -OCH3 is 1. The maximum Gasteiger partial charge on any atom is 0.411 e. The minimum Gasteiger partial charge on any atom is -0.453 e. The van der Waals surface area contributed by atoms with Crippen molar-refractivity contribution >= 4 is 23.4 Å². The highest BCUT2D eigenvalue weighted by atomic mass is 16.5. The minimum absolute atomic E-state index is 0.215. The maximum atomic E-state index is 12.0. The molecule has 0 aromatic heterocycles. The van der Waals surface area contributed by atoms with Crippen LogP contribution in [0.4, 0.5) is 16.2 Å². The lowest BCUT2D eigenvalue weighted by molar-refractivity contribution is -0.128. The third kappa shape index (κ3) is 3.94. The van der Waals surface area contributed by atoms with Gasteiger partial charge in [0.2, 0.25) is 0 Å². The van der Waals surface area contributed by atoms with E-state index in [9.17, 15) is 9.59 Å². The molecule has 1 aromatic rings. The Morgan fingerprint density at radius 2 is 2.10 bits per heavy atom. The van der Waals surface area contributed by atoms with Gasteiger partial charge in [-0.3, -0.25) is 10.1 Å². The molecule has 1 saturated heterocycles. The molecule has 2 amide bonds. The van der Waals surface area contributed by atoms with Gasteiger partial charge < -0.3 is 20.1 Å². The van der Waals surface area contributed by atoms with Crippen LogP contribution in [0.25, 0.3) is 0 Å². The molecule has 7 nitrogen and oxygen atoms in total. The fourth-order valence-electron chi connectivity index (χ4n) is 1.80. The predicted octanol–water partition coefficient (Wildman–Crippen LogP) is 0.792. The summed E-state index contributed by atoms with van der Waals surface area (Å²) in [6.07, 6.45) is -1.06. The van der Waals surface area contributed by atoms with Gasteiger partial charge in [-0.2, -0.15) is 0 Å². The van der Waals surface area contributed by atoms with Gasteiger partial charge >= 0.3 is 6.09 Å². The molecule has 1 aromatic carbocycles. The number of benzene rings is 1. The molecule has 1 aliphatic heterocycles. The molecule has 3 N–H and O–H groups in total. The second-order valence-corrected chi connectivity index (χ2v) is 4.25. The van der Waals surface area contributed by atoms with E-state index in [2.05, 4.69) is 20.7 Å². The Labute approximate surface area is 116 Å². The predicted molar refractivity (Wildman–Crippen MR) is 73.7 cm³/mol. The van der Waals surface area contributed by atoms with Crippen LogP contribution >= 0.6 is 0 Å². The Kier molecular flexibility index (Phi) is 4.91. The molecule has 1 atom stereocenters. The van der Waals surface area contributed by atoms with Crippen molar-refractivity contribution < 1.29 is 19.1 Å². The van der Waals surface area contributed by atoms with Gasteiger partial charge in [-0.1, -0.05) is 6.07 Å². The zero-order valence-electron chi connectivity index (χ0n) is 11.1. The molecular formula is C13H17N3O4. The largest absolute Gasteiger partial charge is 0.453 e. The molecule has 0 bridgehead atoms. The van der Waals surface area contributed by atoms with Gasteiger partial charge in [0.15, 0.2) is 0 Å². The molecule has 1 unspecified atom stereocenters. The zero-order valence-corrected chi connectivity index (χ0v) is 11.1. The van der Waals surface area contributed by atoms with Crippen molar-refractivity contribution in [1.29, 1.82) is 0 Å². The number of hydrogen-bond donors (Lipinski definition) is 3. The number of carbonyl (C=O) groups is 2. The number of morpholine rings is 1. The summed E-state index contributed by atoms with van der Waals surface area (Å²) in [6.45, 7) is 1.76. The molecule has 0 radical (unpaired) electrons. The highest BCUT2D eigenvalue weighted by Gasteiger charge is 2.21. The third-order valence-electron chi connectivity index (χ3n) is 2.78. The molecular weight excluding hydrogens is 262 g/mol. The molecule has 0 saturated carbocycles. The van der Waals surface area contributed by atoms with E-state index in [1.165, 1.54) is 7.11 Å². The van der Waals surface area contributed by atoms with Crippen LogP contribution in [0.5, 0.6) is 0 Å². The smallest absolute Gasteiger partial charge is 0.411 e. The number of anilines is 2. The first-order valence-electron chi connectivity index (χ1n) is 6.27. The molecule has 20 heavy (non-hydrogen) atoms. The second kappa shape index (κ2) is 6.88. The summed E-state index contributed by atoms with van der Waals surface area (Å²) in [4.78, 5) is 23.1. The first kappa shape index (κ1) is 14.3. The summed E-state index contributed by atoms with van der Waals surface area (Å²) < 4.78 is 9.86. The monoisotopic (exact) mass is 279 g/mol. The van der Waals surface area contributed by atoms with E-state index >= 15 is 0 Å². The van der Waals surface area contributed by atoms with Gasteiger partial charge in [0.25, 0.3) is 5.91 Å². The number of nitrogens with one attached hydrogen (secondary N) is 3. The normalized spacial score (nSPS) is 18.1. The molecule has 0 spiro atoms. The lowest BCUT2D eigenvalue weighted by Gasteiger charge is -2.22. The Balaban J connectivity index is 1.96. The van der Waals surface area contributed by atoms with Crippen LogP contribution in [0.3, 0.4) is 0 Å². The van der Waals surface area contributed by atoms with Gasteiger partial charge in [0.05, 0.1) is 13.7 Å². The Morgan fingerprint density at radius 3 is 2.75 bits per heavy atom. The van der Waals surface area contributed by atoms with Crippen LogP contribution in [0.15, 0.2) is 24.3 Å². The number of carbonyl (C=O) groups excluding carboxylic acids is 2. The molecule has 0 aliphatic carbocycles. The SMILES string of the molecule is COC(=O)Nc1cccc(NC(=O)C2CNCCO2)c1. The first-order chi connectivity index (χ1) is 9.69. The van der Waals surface area contributed by atoms with Crippen molar-refractivity contribution in [3.8, 4) is 0 Å². The molecule has 1 aliphatic rings. The van der Waals surface area contributed by atoms with Gasteiger partial charge in [0.1, 0.15) is 6.10 Å². The van der Waals surface area contributed by atoms with Gasteiger partial charge in [0, 0.05) is 24.5 Å². The number of ether oxygens (including phenoxy) is 2. The first-order valence-corrected chi connectivity index (χ1v) is 6.27. The number of amides is 2. The Bertz CT molecular complexity index is 486. The van der Waals surface area contributed by atoms with E-state index in [1.54, 1.807) is 24.3 Å². The van der Waals surface area contributed by atoms with Crippen LogP contribution in [0.1, 0.15) is 0 Å². The Hall–Kier alpha value is -2.12. The molecule has 1 fully saturated rings. The van der Waals surface area contributed by atoms with E-state index in [1.807, 2.05) is 0 Å². The number of rotatable bonds is 3. The van der Waals surface area contributed by atoms with Gasteiger partial charge in [-0.05, 0) is 18.2 Å². The number of hydrogen-bond acceptors (Lipinski definition) is 5. The summed E-state index contributed by atoms with van der Waals surface area (Å²) in [6, 6.07) is 6.80. The highest BCUT2D eigenvalue weighted by molar-refractivity contribution is 5.95. The van der Waals surface area contributed by atoms with Gasteiger partial charge in [-0.15, -0.1) is 0 Å². The second-order valence-electron chi connectivity index (χ2n) is 4.25. The van der Waals surface area contributed by atoms with Crippen molar-refractivity contribution in [2.24, 2.45) is 0 Å². The lowest BCUT2D eigenvalue weighted by atomic mass is 10.2. The van der Waals surface area contributed by atoms with E-state index in [0.717, 1.165) is 6.54 Å². The summed E-state index contributed by atoms with van der Waals surface area (Å²) in [5, 5.41) is 8.36. The molecule has 2 rings (SSSR count). The third-order valence-corrected chi connectivity index (χ3v) is 2.78. The van der Waals surface area contributed by atoms with E-state index < -0.39 is 12.2 Å². The summed E-state index contributed by atoms with van der Waals surface area (Å²) in [5.41, 5.74) is 1.12. The maximum absolute atomic E-state index is 12.0. The topological polar surface area (TPSA) is 88.7 Å². The van der Waals surface area contributed by atoms with Gasteiger partial charge in [-0.25, -0.2) is 4.79 Å². The van der Waals surface area contributed by atoms with E-state index in [0.29, 0.717) is 24.5 Å². The lowest BCUT2D eigenvalue weighted by Crippen LogP contribution is -2.45. The molecule has 7 heteroatoms. The van der Waals surface area contributed by atoms with Crippen LogP contribution in [0, 0.1) is 0 Å². The fourth-order valence-corrected chi connectivity index (χ4v) is 1.80. The van der Waals surface area contributed by atoms with Crippen LogP contribution < -0.4 is 16.0 Å². The quantitative estimate of drug-likeness (QED) is 0.761. The minimum atomic E-state index is -0.562. The van der Waals surface area contributed by atoms with Crippen molar-refractivity contribution in [2.75, 3.05) is 37.4 Å². The summed E-state index contributed by atoms with van der Waals surface area (Å²) >= 11 is 0. The van der Waals surface area contributed by atoms with Crippen LogP contribution in [0.2, 0.25) is 0 Å². The average molecular weight is 279 g/mol. The standard InChI is InChI=1S/C13H17N3O4/c1-19-13(18)16-10-4-2-3-9(7-10)15-12(17)11-8-14-5-6-20-11/h2-4,7,11,14H,5-6,8H2,1H3,(H,15,17)(H,16,18).